The maximum absolute atomic E-state index is 2.20. The molecule has 1 aliphatic rings. The molecule has 0 nitrogen and oxygen atoms in total. The quantitative estimate of drug-likeness (QED) is 0.513. The van der Waals surface area contributed by atoms with E-state index in [4.69, 9.17) is 0 Å². The molecule has 1 aliphatic heterocycles. The van der Waals surface area contributed by atoms with Gasteiger partial charge in [0.05, 0.1) is 0 Å². The first kappa shape index (κ1) is 12.6. The minimum absolute atomic E-state index is 1.37. The molecular weight excluding hydrogens is 244 g/mol. The van der Waals surface area contributed by atoms with Crippen molar-refractivity contribution in [3.05, 3.63) is 48.0 Å². The van der Waals surface area contributed by atoms with E-state index in [1.54, 1.807) is 0 Å². The van der Waals surface area contributed by atoms with Crippen molar-refractivity contribution < 1.29 is 0 Å². The Morgan fingerprint density at radius 3 is 2.00 bits per heavy atom. The van der Waals surface area contributed by atoms with Crippen LogP contribution in [-0.4, -0.2) is 0 Å². The highest BCUT2D eigenvalue weighted by Gasteiger charge is 2.17. The first-order valence-electron chi connectivity index (χ1n) is 5.89. The summed E-state index contributed by atoms with van der Waals surface area (Å²) in [6.07, 6.45) is 0. The predicted octanol–water partition coefficient (Wildman–Crippen LogP) is 5.64. The molecule has 0 N–H and O–H groups in total. The fraction of sp³-hybridized carbons (Fsp3) is 0.200. The van der Waals surface area contributed by atoms with Crippen LogP contribution in [0.15, 0.2) is 62.0 Å². The van der Waals surface area contributed by atoms with Gasteiger partial charge in [0.1, 0.15) is 0 Å². The van der Waals surface area contributed by atoms with Gasteiger partial charge in [0, 0.05) is 19.6 Å². The average Bonchev–Trinajstić information content (AvgIpc) is 2.40. The third kappa shape index (κ3) is 2.53. The zero-order chi connectivity index (χ0) is 12.3. The maximum Gasteiger partial charge on any atom is 0.0291 e. The molecule has 0 spiro atoms. The number of fused-ring (bicyclic) bond motifs is 2. The SMILES string of the molecule is CC.Cc1cccc2c1Sc1ccccc1S2. The summed E-state index contributed by atoms with van der Waals surface area (Å²) in [7, 11) is 0. The molecule has 3 rings (SSSR count). The minimum Gasteiger partial charge on any atom is -0.0877 e. The highest BCUT2D eigenvalue weighted by Crippen LogP contribution is 2.49. The molecular formula is C15H16S2. The fourth-order valence-corrected chi connectivity index (χ4v) is 4.07. The Hall–Kier alpha value is -0.860. The molecule has 2 aromatic carbocycles. The van der Waals surface area contributed by atoms with Gasteiger partial charge in [0.25, 0.3) is 0 Å². The smallest absolute Gasteiger partial charge is 0.0291 e. The lowest BCUT2D eigenvalue weighted by Crippen LogP contribution is -1.90. The van der Waals surface area contributed by atoms with Gasteiger partial charge in [-0.1, -0.05) is 61.6 Å². The van der Waals surface area contributed by atoms with Gasteiger partial charge >= 0.3 is 0 Å². The molecule has 0 saturated carbocycles. The zero-order valence-electron chi connectivity index (χ0n) is 10.4. The molecule has 0 unspecified atom stereocenters. The maximum atomic E-state index is 2.20. The molecule has 0 radical (unpaired) electrons. The van der Waals surface area contributed by atoms with Crippen LogP contribution in [0.25, 0.3) is 0 Å². The lowest BCUT2D eigenvalue weighted by Gasteiger charge is -2.19. The largest absolute Gasteiger partial charge is 0.0877 e. The summed E-state index contributed by atoms with van der Waals surface area (Å²) in [5.41, 5.74) is 1.37. The number of hydrogen-bond acceptors (Lipinski definition) is 2. The summed E-state index contributed by atoms with van der Waals surface area (Å²) in [4.78, 5) is 5.56. The van der Waals surface area contributed by atoms with Crippen molar-refractivity contribution >= 4 is 23.5 Å². The van der Waals surface area contributed by atoms with Crippen molar-refractivity contribution in [3.63, 3.8) is 0 Å². The fourth-order valence-electron chi connectivity index (χ4n) is 1.68. The third-order valence-corrected chi connectivity index (χ3v) is 5.17. The van der Waals surface area contributed by atoms with Crippen molar-refractivity contribution in [1.82, 2.24) is 0 Å². The van der Waals surface area contributed by atoms with Gasteiger partial charge in [0.2, 0.25) is 0 Å². The number of rotatable bonds is 0. The van der Waals surface area contributed by atoms with Crippen LogP contribution in [0, 0.1) is 6.92 Å². The summed E-state index contributed by atoms with van der Waals surface area (Å²) < 4.78 is 0. The molecule has 0 saturated heterocycles. The van der Waals surface area contributed by atoms with E-state index in [-0.39, 0.29) is 0 Å². The number of hydrogen-bond donors (Lipinski definition) is 0. The van der Waals surface area contributed by atoms with E-state index in [1.807, 2.05) is 37.4 Å². The van der Waals surface area contributed by atoms with Gasteiger partial charge in [-0.05, 0) is 30.7 Å². The monoisotopic (exact) mass is 260 g/mol. The normalized spacial score (nSPS) is 11.9. The van der Waals surface area contributed by atoms with Gasteiger partial charge in [0.15, 0.2) is 0 Å². The second kappa shape index (κ2) is 5.65. The molecule has 88 valence electrons. The van der Waals surface area contributed by atoms with E-state index in [1.165, 1.54) is 25.1 Å². The average molecular weight is 260 g/mol. The van der Waals surface area contributed by atoms with Crippen molar-refractivity contribution in [3.8, 4) is 0 Å². The van der Waals surface area contributed by atoms with E-state index in [0.29, 0.717) is 0 Å². The van der Waals surface area contributed by atoms with Crippen LogP contribution >= 0.6 is 23.5 Å². The van der Waals surface area contributed by atoms with Crippen LogP contribution in [-0.2, 0) is 0 Å². The Morgan fingerprint density at radius 1 is 0.706 bits per heavy atom. The van der Waals surface area contributed by atoms with Crippen LogP contribution < -0.4 is 0 Å². The summed E-state index contributed by atoms with van der Waals surface area (Å²) in [6.45, 7) is 6.18. The second-order valence-corrected chi connectivity index (χ2v) is 5.69. The molecule has 0 atom stereocenters. The molecule has 0 fully saturated rings. The molecule has 0 bridgehead atoms. The summed E-state index contributed by atoms with van der Waals surface area (Å²) in [5.74, 6) is 0. The van der Waals surface area contributed by atoms with E-state index < -0.39 is 0 Å². The van der Waals surface area contributed by atoms with Crippen LogP contribution in [0.4, 0.5) is 0 Å². The Labute approximate surface area is 112 Å². The zero-order valence-corrected chi connectivity index (χ0v) is 12.0. The summed E-state index contributed by atoms with van der Waals surface area (Å²) in [6, 6.07) is 15.1. The van der Waals surface area contributed by atoms with Gasteiger partial charge < -0.3 is 0 Å². The summed E-state index contributed by atoms with van der Waals surface area (Å²) >= 11 is 3.76. The van der Waals surface area contributed by atoms with E-state index in [2.05, 4.69) is 49.4 Å². The Bertz CT molecular complexity index is 518. The molecule has 2 aromatic rings. The van der Waals surface area contributed by atoms with Gasteiger partial charge in [-0.25, -0.2) is 0 Å². The van der Waals surface area contributed by atoms with Crippen LogP contribution in [0.2, 0.25) is 0 Å². The second-order valence-electron chi connectivity index (χ2n) is 3.55. The van der Waals surface area contributed by atoms with Crippen LogP contribution in [0.1, 0.15) is 19.4 Å². The molecule has 0 aromatic heterocycles. The molecule has 17 heavy (non-hydrogen) atoms. The van der Waals surface area contributed by atoms with E-state index in [0.717, 1.165) is 0 Å². The molecule has 0 aliphatic carbocycles. The van der Waals surface area contributed by atoms with Crippen LogP contribution in [0.3, 0.4) is 0 Å². The number of benzene rings is 2. The van der Waals surface area contributed by atoms with Crippen LogP contribution in [0.5, 0.6) is 0 Å². The number of aryl methyl sites for hydroxylation is 1. The molecule has 0 amide bonds. The lowest BCUT2D eigenvalue weighted by atomic mass is 10.2. The predicted molar refractivity (Wildman–Crippen MR) is 77.2 cm³/mol. The summed E-state index contributed by atoms with van der Waals surface area (Å²) in [5, 5.41) is 0. The first-order valence-corrected chi connectivity index (χ1v) is 7.52. The Morgan fingerprint density at radius 2 is 1.29 bits per heavy atom. The highest BCUT2D eigenvalue weighted by molar-refractivity contribution is 8.05. The lowest BCUT2D eigenvalue weighted by molar-refractivity contribution is 1.12. The van der Waals surface area contributed by atoms with Gasteiger partial charge in [-0.3, -0.25) is 0 Å². The van der Waals surface area contributed by atoms with E-state index >= 15 is 0 Å². The third-order valence-electron chi connectivity index (χ3n) is 2.46. The first-order chi connectivity index (χ1) is 8.34. The van der Waals surface area contributed by atoms with Crippen molar-refractivity contribution in [1.29, 1.82) is 0 Å². The Balaban J connectivity index is 0.000000514. The Kier molecular flexibility index (Phi) is 4.19. The topological polar surface area (TPSA) is 0 Å². The standard InChI is InChI=1S/C13H10S2.C2H6/c1-9-5-4-8-12-13(9)15-11-7-3-2-6-10(11)14-12;1-2/h2-8H,1H3;1-2H3. The molecule has 1 heterocycles. The van der Waals surface area contributed by atoms with Crippen molar-refractivity contribution in [2.45, 2.75) is 40.4 Å². The van der Waals surface area contributed by atoms with Crippen molar-refractivity contribution in [2.24, 2.45) is 0 Å². The van der Waals surface area contributed by atoms with Gasteiger partial charge in [-0.2, -0.15) is 0 Å². The van der Waals surface area contributed by atoms with Gasteiger partial charge in [-0.15, -0.1) is 0 Å². The highest BCUT2D eigenvalue weighted by atomic mass is 32.2. The molecule has 2 heteroatoms. The van der Waals surface area contributed by atoms with E-state index in [9.17, 15) is 0 Å². The minimum atomic E-state index is 1.37. The van der Waals surface area contributed by atoms with Crippen molar-refractivity contribution in [2.75, 3.05) is 0 Å².